The molecule has 0 saturated heterocycles. The summed E-state index contributed by atoms with van der Waals surface area (Å²) in [6, 6.07) is 5.88. The van der Waals surface area contributed by atoms with Gasteiger partial charge in [0.1, 0.15) is 23.2 Å². The number of hydrogen-bond acceptors (Lipinski definition) is 3. The lowest BCUT2D eigenvalue weighted by Gasteiger charge is -2.11. The van der Waals surface area contributed by atoms with Crippen LogP contribution in [0.5, 0.6) is 5.75 Å². The Morgan fingerprint density at radius 3 is 2.82 bits per heavy atom. The molecule has 1 aromatic rings. The summed E-state index contributed by atoms with van der Waals surface area (Å²) in [5.41, 5.74) is -0.134. The van der Waals surface area contributed by atoms with Crippen LogP contribution in [0.2, 0.25) is 0 Å². The van der Waals surface area contributed by atoms with Crippen molar-refractivity contribution in [3.05, 3.63) is 29.6 Å². The van der Waals surface area contributed by atoms with Gasteiger partial charge in [0.15, 0.2) is 0 Å². The third-order valence-corrected chi connectivity index (χ3v) is 2.16. The molecule has 0 aliphatic heterocycles. The average Bonchev–Trinajstić information content (AvgIpc) is 2.29. The number of nitrogens with zero attached hydrogens (tertiary/aromatic N) is 2. The van der Waals surface area contributed by atoms with Crippen molar-refractivity contribution in [2.45, 2.75) is 6.42 Å². The van der Waals surface area contributed by atoms with Crippen LogP contribution in [0.15, 0.2) is 18.2 Å². The van der Waals surface area contributed by atoms with E-state index in [2.05, 4.69) is 0 Å². The van der Waals surface area contributed by atoms with Crippen LogP contribution in [0, 0.1) is 17.1 Å². The van der Waals surface area contributed by atoms with E-state index in [9.17, 15) is 9.18 Å². The standard InChI is InChI=1S/C12H13FN2O2/c1-15(2)12(16)6-7-17-11-5-3-4-10(13)9(11)8-14/h3-5H,6-7H2,1-2H3. The molecule has 0 aliphatic rings. The van der Waals surface area contributed by atoms with Gasteiger partial charge in [-0.2, -0.15) is 5.26 Å². The SMILES string of the molecule is CN(C)C(=O)CCOc1cccc(F)c1C#N. The molecule has 0 unspecified atom stereocenters. The van der Waals surface area contributed by atoms with Gasteiger partial charge >= 0.3 is 0 Å². The molecule has 0 heterocycles. The Morgan fingerprint density at radius 1 is 1.53 bits per heavy atom. The van der Waals surface area contributed by atoms with E-state index in [1.165, 1.54) is 23.1 Å². The van der Waals surface area contributed by atoms with E-state index in [-0.39, 0.29) is 30.2 Å². The highest BCUT2D eigenvalue weighted by molar-refractivity contribution is 5.75. The number of nitriles is 1. The topological polar surface area (TPSA) is 53.3 Å². The summed E-state index contributed by atoms with van der Waals surface area (Å²) in [5, 5.41) is 8.75. The molecule has 4 nitrogen and oxygen atoms in total. The molecule has 0 saturated carbocycles. The number of hydrogen-bond donors (Lipinski definition) is 0. The Bertz CT molecular complexity index is 452. The second-order valence-corrected chi connectivity index (χ2v) is 3.61. The largest absolute Gasteiger partial charge is 0.492 e. The maximum atomic E-state index is 13.2. The fourth-order valence-corrected chi connectivity index (χ4v) is 1.21. The number of rotatable bonds is 4. The van der Waals surface area contributed by atoms with Crippen LogP contribution >= 0.6 is 0 Å². The van der Waals surface area contributed by atoms with Crippen LogP contribution in [0.4, 0.5) is 4.39 Å². The van der Waals surface area contributed by atoms with Crippen molar-refractivity contribution >= 4 is 5.91 Å². The molecule has 0 radical (unpaired) electrons. The summed E-state index contributed by atoms with van der Waals surface area (Å²) < 4.78 is 18.4. The summed E-state index contributed by atoms with van der Waals surface area (Å²) in [7, 11) is 3.29. The van der Waals surface area contributed by atoms with Crippen molar-refractivity contribution in [1.82, 2.24) is 4.90 Å². The minimum absolute atomic E-state index is 0.0834. The molecule has 0 aliphatic carbocycles. The first kappa shape index (κ1) is 13.0. The van der Waals surface area contributed by atoms with Gasteiger partial charge in [0, 0.05) is 14.1 Å². The second kappa shape index (κ2) is 5.85. The van der Waals surface area contributed by atoms with Gasteiger partial charge in [-0.25, -0.2) is 4.39 Å². The van der Waals surface area contributed by atoms with Gasteiger partial charge in [-0.1, -0.05) is 6.07 Å². The maximum Gasteiger partial charge on any atom is 0.225 e. The number of carbonyl (C=O) groups is 1. The van der Waals surface area contributed by atoms with Gasteiger partial charge in [-0.05, 0) is 12.1 Å². The predicted octanol–water partition coefficient (Wildman–Crippen LogP) is 1.55. The van der Waals surface area contributed by atoms with Crippen molar-refractivity contribution in [1.29, 1.82) is 5.26 Å². The van der Waals surface area contributed by atoms with E-state index in [1.807, 2.05) is 0 Å². The zero-order chi connectivity index (χ0) is 12.8. The smallest absolute Gasteiger partial charge is 0.225 e. The van der Waals surface area contributed by atoms with Gasteiger partial charge in [0.2, 0.25) is 5.91 Å². The Hall–Kier alpha value is -2.09. The van der Waals surface area contributed by atoms with Gasteiger partial charge < -0.3 is 9.64 Å². The molecule has 0 N–H and O–H groups in total. The lowest BCUT2D eigenvalue weighted by Crippen LogP contribution is -2.23. The first-order valence-corrected chi connectivity index (χ1v) is 5.08. The highest BCUT2D eigenvalue weighted by Crippen LogP contribution is 2.20. The molecule has 1 aromatic carbocycles. The molecule has 0 atom stereocenters. The van der Waals surface area contributed by atoms with Crippen molar-refractivity contribution < 1.29 is 13.9 Å². The molecule has 1 amide bonds. The van der Waals surface area contributed by atoms with E-state index in [0.717, 1.165) is 0 Å². The molecule has 5 heteroatoms. The molecule has 0 bridgehead atoms. The van der Waals surface area contributed by atoms with Crippen LogP contribution in [0.3, 0.4) is 0 Å². The Labute approximate surface area is 99.2 Å². The third-order valence-electron chi connectivity index (χ3n) is 2.16. The lowest BCUT2D eigenvalue weighted by atomic mass is 10.2. The van der Waals surface area contributed by atoms with Gasteiger partial charge in [-0.15, -0.1) is 0 Å². The molecular weight excluding hydrogens is 223 g/mol. The Kier molecular flexibility index (Phi) is 4.46. The van der Waals surface area contributed by atoms with Crippen molar-refractivity contribution in [3.63, 3.8) is 0 Å². The maximum absolute atomic E-state index is 13.2. The fraction of sp³-hybridized carbons (Fsp3) is 0.333. The van der Waals surface area contributed by atoms with Crippen molar-refractivity contribution in [3.8, 4) is 11.8 Å². The number of carbonyl (C=O) groups excluding carboxylic acids is 1. The Balaban J connectivity index is 2.62. The van der Waals surface area contributed by atoms with Crippen LogP contribution in [0.1, 0.15) is 12.0 Å². The summed E-state index contributed by atoms with van der Waals surface area (Å²) in [6.45, 7) is 0.120. The van der Waals surface area contributed by atoms with E-state index < -0.39 is 5.82 Å². The first-order chi connectivity index (χ1) is 8.06. The van der Waals surface area contributed by atoms with E-state index in [1.54, 1.807) is 20.2 Å². The highest BCUT2D eigenvalue weighted by Gasteiger charge is 2.10. The van der Waals surface area contributed by atoms with E-state index in [4.69, 9.17) is 10.00 Å². The molecule has 90 valence electrons. The molecular formula is C12H13FN2O2. The third kappa shape index (κ3) is 3.45. The van der Waals surface area contributed by atoms with E-state index in [0.29, 0.717) is 0 Å². The fourth-order valence-electron chi connectivity index (χ4n) is 1.21. The molecule has 0 spiro atoms. The quantitative estimate of drug-likeness (QED) is 0.797. The summed E-state index contributed by atoms with van der Waals surface area (Å²) in [4.78, 5) is 12.7. The zero-order valence-corrected chi connectivity index (χ0v) is 9.74. The number of halogens is 1. The predicted molar refractivity (Wildman–Crippen MR) is 59.9 cm³/mol. The summed E-state index contributed by atoms with van der Waals surface area (Å²) in [6.07, 6.45) is 0.189. The minimum Gasteiger partial charge on any atom is -0.492 e. The van der Waals surface area contributed by atoms with Crippen molar-refractivity contribution in [2.75, 3.05) is 20.7 Å². The van der Waals surface area contributed by atoms with Crippen LogP contribution in [-0.4, -0.2) is 31.5 Å². The van der Waals surface area contributed by atoms with Gasteiger partial charge in [0.05, 0.1) is 13.0 Å². The van der Waals surface area contributed by atoms with Crippen LogP contribution in [0.25, 0.3) is 0 Å². The average molecular weight is 236 g/mol. The zero-order valence-electron chi connectivity index (χ0n) is 9.74. The van der Waals surface area contributed by atoms with Gasteiger partial charge in [-0.3, -0.25) is 4.79 Å². The lowest BCUT2D eigenvalue weighted by molar-refractivity contribution is -0.129. The Morgan fingerprint density at radius 2 is 2.24 bits per heavy atom. The minimum atomic E-state index is -0.621. The number of benzene rings is 1. The summed E-state index contributed by atoms with van der Waals surface area (Å²) in [5.74, 6) is -0.539. The number of ether oxygens (including phenoxy) is 1. The molecule has 1 rings (SSSR count). The summed E-state index contributed by atoms with van der Waals surface area (Å²) >= 11 is 0. The van der Waals surface area contributed by atoms with Crippen LogP contribution in [-0.2, 0) is 4.79 Å². The first-order valence-electron chi connectivity index (χ1n) is 5.08. The molecule has 0 aromatic heterocycles. The molecule has 0 fully saturated rings. The normalized spacial score (nSPS) is 9.53. The number of amides is 1. The second-order valence-electron chi connectivity index (χ2n) is 3.61. The van der Waals surface area contributed by atoms with Crippen LogP contribution < -0.4 is 4.74 Å². The highest BCUT2D eigenvalue weighted by atomic mass is 19.1. The monoisotopic (exact) mass is 236 g/mol. The molecule has 17 heavy (non-hydrogen) atoms. The van der Waals surface area contributed by atoms with E-state index >= 15 is 0 Å². The van der Waals surface area contributed by atoms with Crippen molar-refractivity contribution in [2.24, 2.45) is 0 Å². The van der Waals surface area contributed by atoms with Gasteiger partial charge in [0.25, 0.3) is 0 Å².